The summed E-state index contributed by atoms with van der Waals surface area (Å²) in [5.41, 5.74) is 3.74. The fourth-order valence-corrected chi connectivity index (χ4v) is 1.52. The number of nitrogens with zero attached hydrogens (tertiary/aromatic N) is 1. The van der Waals surface area contributed by atoms with Crippen molar-refractivity contribution < 1.29 is 4.39 Å². The van der Waals surface area contributed by atoms with Gasteiger partial charge in [-0.25, -0.2) is 4.39 Å². The van der Waals surface area contributed by atoms with E-state index in [0.717, 1.165) is 19.4 Å². The van der Waals surface area contributed by atoms with E-state index < -0.39 is 0 Å². The smallest absolute Gasteiger partial charge is 0.186 e. The van der Waals surface area contributed by atoms with Crippen LogP contribution in [0.4, 0.5) is 4.39 Å². The maximum Gasteiger partial charge on any atom is 0.186 e. The Morgan fingerprint density at radius 1 is 1.39 bits per heavy atom. The van der Waals surface area contributed by atoms with E-state index in [1.807, 2.05) is 0 Å². The Labute approximate surface area is 112 Å². The molecule has 0 fully saturated rings. The lowest BCUT2D eigenvalue weighted by atomic mass is 10.1. The zero-order valence-corrected chi connectivity index (χ0v) is 11.5. The molecule has 0 amide bonds. The van der Waals surface area contributed by atoms with E-state index in [1.165, 1.54) is 6.07 Å². The normalized spacial score (nSPS) is 11.2. The standard InChI is InChI=1S/C13H18FN3S/c1-3-4-9-15-13(18)17-16-10(2)11-7-5-6-8-12(11)14/h5-8H,3-4,9H2,1-2H3,(H2,15,17,18)/b16-10-. The molecule has 0 heterocycles. The largest absolute Gasteiger partial charge is 0.361 e. The Bertz CT molecular complexity index is 432. The second-order valence-corrected chi connectivity index (χ2v) is 4.31. The van der Waals surface area contributed by atoms with E-state index >= 15 is 0 Å². The molecule has 0 spiro atoms. The lowest BCUT2D eigenvalue weighted by molar-refractivity contribution is 0.625. The van der Waals surface area contributed by atoms with Crippen molar-refractivity contribution in [2.24, 2.45) is 5.10 Å². The van der Waals surface area contributed by atoms with Crippen molar-refractivity contribution in [3.63, 3.8) is 0 Å². The second-order valence-electron chi connectivity index (χ2n) is 3.90. The quantitative estimate of drug-likeness (QED) is 0.373. The summed E-state index contributed by atoms with van der Waals surface area (Å²) in [6, 6.07) is 6.52. The summed E-state index contributed by atoms with van der Waals surface area (Å²) in [6.45, 7) is 4.66. The van der Waals surface area contributed by atoms with Crippen molar-refractivity contribution in [1.29, 1.82) is 0 Å². The molecule has 0 saturated carbocycles. The van der Waals surface area contributed by atoms with Gasteiger partial charge in [0, 0.05) is 12.1 Å². The van der Waals surface area contributed by atoms with Crippen LogP contribution in [0.5, 0.6) is 0 Å². The first kappa shape index (κ1) is 14.6. The summed E-state index contributed by atoms with van der Waals surface area (Å²) in [7, 11) is 0. The van der Waals surface area contributed by atoms with Crippen molar-refractivity contribution in [2.75, 3.05) is 6.54 Å². The molecule has 18 heavy (non-hydrogen) atoms. The summed E-state index contributed by atoms with van der Waals surface area (Å²) in [5.74, 6) is -0.287. The monoisotopic (exact) mass is 267 g/mol. The Morgan fingerprint density at radius 3 is 2.78 bits per heavy atom. The Balaban J connectivity index is 2.52. The van der Waals surface area contributed by atoms with Gasteiger partial charge in [0.05, 0.1) is 5.71 Å². The maximum atomic E-state index is 13.5. The van der Waals surface area contributed by atoms with Gasteiger partial charge in [0.2, 0.25) is 0 Å². The van der Waals surface area contributed by atoms with Crippen LogP contribution in [0.2, 0.25) is 0 Å². The van der Waals surface area contributed by atoms with Crippen LogP contribution in [0.25, 0.3) is 0 Å². The van der Waals surface area contributed by atoms with Crippen LogP contribution in [0, 0.1) is 5.82 Å². The molecule has 5 heteroatoms. The summed E-state index contributed by atoms with van der Waals surface area (Å²) >= 11 is 5.05. The minimum atomic E-state index is -0.287. The third kappa shape index (κ3) is 4.79. The van der Waals surface area contributed by atoms with Crippen LogP contribution >= 0.6 is 12.2 Å². The molecule has 0 radical (unpaired) electrons. The van der Waals surface area contributed by atoms with Gasteiger partial charge in [-0.3, -0.25) is 5.43 Å². The van der Waals surface area contributed by atoms with Crippen LogP contribution < -0.4 is 10.7 Å². The number of thiocarbonyl (C=S) groups is 1. The molecule has 0 aromatic heterocycles. The van der Waals surface area contributed by atoms with Crippen LogP contribution in [-0.2, 0) is 0 Å². The summed E-state index contributed by atoms with van der Waals surface area (Å²) in [6.07, 6.45) is 2.16. The lowest BCUT2D eigenvalue weighted by Crippen LogP contribution is -2.33. The number of unbranched alkanes of at least 4 members (excludes halogenated alkanes) is 1. The molecule has 0 saturated heterocycles. The molecule has 0 unspecified atom stereocenters. The zero-order chi connectivity index (χ0) is 13.4. The number of hydrogen-bond acceptors (Lipinski definition) is 2. The SMILES string of the molecule is CCCCNC(=S)N/N=C(/C)c1ccccc1F. The molecule has 1 aromatic carbocycles. The average Bonchev–Trinajstić information content (AvgIpc) is 2.37. The predicted octanol–water partition coefficient (Wildman–Crippen LogP) is 2.81. The molecule has 0 aliphatic carbocycles. The molecule has 0 aliphatic rings. The number of nitrogens with one attached hydrogen (secondary N) is 2. The molecule has 0 atom stereocenters. The molecule has 98 valence electrons. The highest BCUT2D eigenvalue weighted by Crippen LogP contribution is 2.07. The van der Waals surface area contributed by atoms with Gasteiger partial charge in [-0.15, -0.1) is 0 Å². The highest BCUT2D eigenvalue weighted by atomic mass is 32.1. The fourth-order valence-electron chi connectivity index (χ4n) is 1.37. The minimum absolute atomic E-state index is 0.287. The third-order valence-corrected chi connectivity index (χ3v) is 2.64. The summed E-state index contributed by atoms with van der Waals surface area (Å²) < 4.78 is 13.5. The Kier molecular flexibility index (Phi) is 6.28. The zero-order valence-electron chi connectivity index (χ0n) is 10.7. The van der Waals surface area contributed by atoms with Gasteiger partial charge in [-0.1, -0.05) is 31.5 Å². The highest BCUT2D eigenvalue weighted by Gasteiger charge is 2.03. The molecule has 0 aliphatic heterocycles. The van der Waals surface area contributed by atoms with E-state index in [9.17, 15) is 4.39 Å². The van der Waals surface area contributed by atoms with Gasteiger partial charge in [0.25, 0.3) is 0 Å². The number of halogens is 1. The van der Waals surface area contributed by atoms with E-state index in [4.69, 9.17) is 12.2 Å². The predicted molar refractivity (Wildman–Crippen MR) is 77.3 cm³/mol. The van der Waals surface area contributed by atoms with Crippen molar-refractivity contribution in [3.8, 4) is 0 Å². The van der Waals surface area contributed by atoms with Gasteiger partial charge in [-0.2, -0.15) is 5.10 Å². The van der Waals surface area contributed by atoms with Gasteiger partial charge < -0.3 is 5.32 Å². The summed E-state index contributed by atoms with van der Waals surface area (Å²) in [5, 5.41) is 7.54. The first-order valence-corrected chi connectivity index (χ1v) is 6.39. The Hall–Kier alpha value is -1.49. The topological polar surface area (TPSA) is 36.4 Å². The molecule has 1 aromatic rings. The molecule has 3 nitrogen and oxygen atoms in total. The number of hydrazone groups is 1. The molecule has 1 rings (SSSR count). The minimum Gasteiger partial charge on any atom is -0.361 e. The first-order valence-electron chi connectivity index (χ1n) is 5.98. The molecule has 0 bridgehead atoms. The van der Waals surface area contributed by atoms with Crippen molar-refractivity contribution in [3.05, 3.63) is 35.6 Å². The maximum absolute atomic E-state index is 13.5. The van der Waals surface area contributed by atoms with Crippen LogP contribution in [0.1, 0.15) is 32.3 Å². The Morgan fingerprint density at radius 2 is 2.11 bits per heavy atom. The third-order valence-electron chi connectivity index (χ3n) is 2.40. The summed E-state index contributed by atoms with van der Waals surface area (Å²) in [4.78, 5) is 0. The highest BCUT2D eigenvalue weighted by molar-refractivity contribution is 7.80. The fraction of sp³-hybridized carbons (Fsp3) is 0.385. The van der Waals surface area contributed by atoms with E-state index in [0.29, 0.717) is 16.4 Å². The van der Waals surface area contributed by atoms with Gasteiger partial charge in [0.1, 0.15) is 5.82 Å². The second kappa shape index (κ2) is 7.76. The number of rotatable bonds is 5. The van der Waals surface area contributed by atoms with Crippen LogP contribution in [0.15, 0.2) is 29.4 Å². The molecule has 2 N–H and O–H groups in total. The van der Waals surface area contributed by atoms with Crippen molar-refractivity contribution in [1.82, 2.24) is 10.7 Å². The lowest BCUT2D eigenvalue weighted by Gasteiger charge is -2.07. The van der Waals surface area contributed by atoms with E-state index in [-0.39, 0.29) is 5.82 Å². The van der Waals surface area contributed by atoms with Crippen LogP contribution in [0.3, 0.4) is 0 Å². The first-order chi connectivity index (χ1) is 8.65. The molecular formula is C13H18FN3S. The van der Waals surface area contributed by atoms with Crippen LogP contribution in [-0.4, -0.2) is 17.4 Å². The van der Waals surface area contributed by atoms with Gasteiger partial charge in [-0.05, 0) is 31.6 Å². The number of benzene rings is 1. The average molecular weight is 267 g/mol. The van der Waals surface area contributed by atoms with E-state index in [2.05, 4.69) is 22.8 Å². The van der Waals surface area contributed by atoms with Crippen molar-refractivity contribution in [2.45, 2.75) is 26.7 Å². The number of hydrogen-bond donors (Lipinski definition) is 2. The van der Waals surface area contributed by atoms with Gasteiger partial charge >= 0.3 is 0 Å². The van der Waals surface area contributed by atoms with E-state index in [1.54, 1.807) is 25.1 Å². The van der Waals surface area contributed by atoms with Gasteiger partial charge in [0.15, 0.2) is 5.11 Å². The van der Waals surface area contributed by atoms with Crippen molar-refractivity contribution >= 4 is 23.0 Å². The molecular weight excluding hydrogens is 249 g/mol.